The quantitative estimate of drug-likeness (QED) is 0.761. The summed E-state index contributed by atoms with van der Waals surface area (Å²) in [6.45, 7) is 7.11. The largest absolute Gasteiger partial charge is 0.492 e. The molecule has 4 nitrogen and oxygen atoms in total. The van der Waals surface area contributed by atoms with Crippen LogP contribution in [-0.4, -0.2) is 19.2 Å². The van der Waals surface area contributed by atoms with Crippen molar-refractivity contribution < 1.29 is 9.53 Å². The minimum atomic E-state index is -0.249. The molecule has 2 N–H and O–H groups in total. The lowest BCUT2D eigenvalue weighted by Gasteiger charge is -2.23. The molecular formula is C19H23ClN2O2. The van der Waals surface area contributed by atoms with Gasteiger partial charge in [-0.1, -0.05) is 56.6 Å². The van der Waals surface area contributed by atoms with Crippen molar-refractivity contribution >= 4 is 23.3 Å². The first-order valence-electron chi connectivity index (χ1n) is 7.89. The molecule has 0 aromatic heterocycles. The number of hydrogen-bond donors (Lipinski definition) is 2. The minimum Gasteiger partial charge on any atom is -0.492 e. The van der Waals surface area contributed by atoms with E-state index in [4.69, 9.17) is 16.3 Å². The van der Waals surface area contributed by atoms with Crippen LogP contribution in [0.5, 0.6) is 5.75 Å². The molecule has 0 heterocycles. The molecule has 0 bridgehead atoms. The molecule has 0 unspecified atom stereocenters. The lowest BCUT2D eigenvalue weighted by molar-refractivity contribution is 0.247. The van der Waals surface area contributed by atoms with Crippen LogP contribution in [0.1, 0.15) is 26.3 Å². The second kappa shape index (κ2) is 8.06. The maximum Gasteiger partial charge on any atom is 0.319 e. The first-order chi connectivity index (χ1) is 11.4. The van der Waals surface area contributed by atoms with Gasteiger partial charge in [0, 0.05) is 10.7 Å². The molecule has 0 fully saturated rings. The lowest BCUT2D eigenvalue weighted by atomic mass is 9.86. The topological polar surface area (TPSA) is 50.4 Å². The van der Waals surface area contributed by atoms with E-state index in [0.29, 0.717) is 23.9 Å². The lowest BCUT2D eigenvalue weighted by Crippen LogP contribution is -2.33. The highest BCUT2D eigenvalue weighted by atomic mass is 35.5. The molecule has 0 aliphatic rings. The van der Waals surface area contributed by atoms with Gasteiger partial charge in [-0.3, -0.25) is 0 Å². The molecule has 24 heavy (non-hydrogen) atoms. The molecule has 0 radical (unpaired) electrons. The van der Waals surface area contributed by atoms with Crippen LogP contribution >= 0.6 is 11.6 Å². The van der Waals surface area contributed by atoms with Gasteiger partial charge in [-0.25, -0.2) is 4.79 Å². The number of benzene rings is 2. The first kappa shape index (κ1) is 18.1. The summed E-state index contributed by atoms with van der Waals surface area (Å²) in [7, 11) is 0. The van der Waals surface area contributed by atoms with Gasteiger partial charge in [-0.05, 0) is 35.2 Å². The van der Waals surface area contributed by atoms with Crippen molar-refractivity contribution in [3.63, 3.8) is 0 Å². The maximum atomic E-state index is 12.1. The Morgan fingerprint density at radius 2 is 1.88 bits per heavy atom. The average molecular weight is 347 g/mol. The van der Waals surface area contributed by atoms with Crippen molar-refractivity contribution in [3.8, 4) is 5.75 Å². The zero-order valence-corrected chi connectivity index (χ0v) is 15.0. The van der Waals surface area contributed by atoms with Gasteiger partial charge in [-0.2, -0.15) is 0 Å². The van der Waals surface area contributed by atoms with Crippen LogP contribution in [0.4, 0.5) is 10.5 Å². The molecular weight excluding hydrogens is 324 g/mol. The van der Waals surface area contributed by atoms with E-state index in [2.05, 4.69) is 31.4 Å². The molecule has 0 aliphatic heterocycles. The van der Waals surface area contributed by atoms with E-state index < -0.39 is 0 Å². The summed E-state index contributed by atoms with van der Waals surface area (Å²) in [6.07, 6.45) is 0. The zero-order valence-electron chi connectivity index (χ0n) is 14.2. The number of carbonyl (C=O) groups is 1. The Kier molecular flexibility index (Phi) is 6.10. The number of nitrogens with one attached hydrogen (secondary N) is 2. The van der Waals surface area contributed by atoms with Crippen molar-refractivity contribution in [1.29, 1.82) is 0 Å². The standard InChI is InChI=1S/C19H23ClN2O2/c1-19(2,3)16-9-4-5-10-17(16)22-18(23)21-11-12-24-15-8-6-7-14(20)13-15/h4-10,13H,11-12H2,1-3H3,(H2,21,22,23). The third kappa shape index (κ3) is 5.46. The van der Waals surface area contributed by atoms with Crippen LogP contribution in [0.2, 0.25) is 5.02 Å². The van der Waals surface area contributed by atoms with Crippen LogP contribution in [0.25, 0.3) is 0 Å². The molecule has 0 spiro atoms. The van der Waals surface area contributed by atoms with Crippen molar-refractivity contribution in [2.75, 3.05) is 18.5 Å². The number of halogens is 1. The third-order valence-corrected chi connectivity index (χ3v) is 3.67. The molecule has 0 atom stereocenters. The summed E-state index contributed by atoms with van der Waals surface area (Å²) < 4.78 is 5.54. The average Bonchev–Trinajstić information content (AvgIpc) is 2.51. The fourth-order valence-electron chi connectivity index (χ4n) is 2.30. The summed E-state index contributed by atoms with van der Waals surface area (Å²) in [6, 6.07) is 14.7. The predicted molar refractivity (Wildman–Crippen MR) is 99.1 cm³/mol. The van der Waals surface area contributed by atoms with E-state index in [1.54, 1.807) is 12.1 Å². The summed E-state index contributed by atoms with van der Waals surface area (Å²) in [5.74, 6) is 0.683. The van der Waals surface area contributed by atoms with E-state index >= 15 is 0 Å². The number of ether oxygens (including phenoxy) is 1. The van der Waals surface area contributed by atoms with Gasteiger partial charge in [0.15, 0.2) is 0 Å². The van der Waals surface area contributed by atoms with E-state index in [0.717, 1.165) is 11.3 Å². The first-order valence-corrected chi connectivity index (χ1v) is 8.27. The molecule has 2 aromatic rings. The molecule has 2 rings (SSSR count). The van der Waals surface area contributed by atoms with Gasteiger partial charge in [0.1, 0.15) is 12.4 Å². The number of para-hydroxylation sites is 1. The second-order valence-corrected chi connectivity index (χ2v) is 6.92. The Morgan fingerprint density at radius 1 is 1.12 bits per heavy atom. The number of urea groups is 1. The summed E-state index contributed by atoms with van der Waals surface area (Å²) in [5, 5.41) is 6.31. The normalized spacial score (nSPS) is 11.0. The monoisotopic (exact) mass is 346 g/mol. The molecule has 128 valence electrons. The number of hydrogen-bond acceptors (Lipinski definition) is 2. The Hall–Kier alpha value is -2.20. The Bertz CT molecular complexity index is 696. The van der Waals surface area contributed by atoms with Crippen molar-refractivity contribution in [1.82, 2.24) is 5.32 Å². The van der Waals surface area contributed by atoms with Gasteiger partial charge >= 0.3 is 6.03 Å². The van der Waals surface area contributed by atoms with Crippen molar-refractivity contribution in [3.05, 3.63) is 59.1 Å². The second-order valence-electron chi connectivity index (χ2n) is 6.48. The minimum absolute atomic E-state index is 0.0421. The van der Waals surface area contributed by atoms with E-state index in [-0.39, 0.29) is 11.4 Å². The van der Waals surface area contributed by atoms with Gasteiger partial charge < -0.3 is 15.4 Å². The van der Waals surface area contributed by atoms with Crippen LogP contribution in [-0.2, 0) is 5.41 Å². The number of amides is 2. The Morgan fingerprint density at radius 3 is 2.58 bits per heavy atom. The smallest absolute Gasteiger partial charge is 0.319 e. The molecule has 2 aromatic carbocycles. The van der Waals surface area contributed by atoms with E-state index in [1.807, 2.05) is 36.4 Å². The molecule has 2 amide bonds. The highest BCUT2D eigenvalue weighted by molar-refractivity contribution is 6.30. The summed E-state index contributed by atoms with van der Waals surface area (Å²) in [5.41, 5.74) is 1.87. The van der Waals surface area contributed by atoms with Gasteiger partial charge in [0.2, 0.25) is 0 Å². The van der Waals surface area contributed by atoms with E-state index in [9.17, 15) is 4.79 Å². The van der Waals surface area contributed by atoms with Crippen LogP contribution in [0.15, 0.2) is 48.5 Å². The fourth-order valence-corrected chi connectivity index (χ4v) is 2.48. The number of carbonyl (C=O) groups excluding carboxylic acids is 1. The van der Waals surface area contributed by atoms with Gasteiger partial charge in [0.05, 0.1) is 6.54 Å². The molecule has 0 aliphatic carbocycles. The zero-order chi connectivity index (χ0) is 17.6. The van der Waals surface area contributed by atoms with Crippen molar-refractivity contribution in [2.24, 2.45) is 0 Å². The summed E-state index contributed by atoms with van der Waals surface area (Å²) in [4.78, 5) is 12.1. The van der Waals surface area contributed by atoms with Gasteiger partial charge in [-0.15, -0.1) is 0 Å². The van der Waals surface area contributed by atoms with E-state index in [1.165, 1.54) is 0 Å². The predicted octanol–water partition coefficient (Wildman–Crippen LogP) is 4.84. The van der Waals surface area contributed by atoms with Crippen molar-refractivity contribution in [2.45, 2.75) is 26.2 Å². The van der Waals surface area contributed by atoms with Gasteiger partial charge in [0.25, 0.3) is 0 Å². The fraction of sp³-hybridized carbons (Fsp3) is 0.316. The van der Waals surface area contributed by atoms with Crippen LogP contribution < -0.4 is 15.4 Å². The Labute approximate surface area is 148 Å². The Balaban J connectivity index is 1.82. The maximum absolute atomic E-state index is 12.1. The highest BCUT2D eigenvalue weighted by Crippen LogP contribution is 2.29. The summed E-state index contributed by atoms with van der Waals surface area (Å²) >= 11 is 5.89. The molecule has 5 heteroatoms. The van der Waals surface area contributed by atoms with Crippen LogP contribution in [0, 0.1) is 0 Å². The van der Waals surface area contributed by atoms with Crippen LogP contribution in [0.3, 0.4) is 0 Å². The highest BCUT2D eigenvalue weighted by Gasteiger charge is 2.18. The number of rotatable bonds is 5. The number of anilines is 1. The molecule has 0 saturated heterocycles. The SMILES string of the molecule is CC(C)(C)c1ccccc1NC(=O)NCCOc1cccc(Cl)c1. The third-order valence-electron chi connectivity index (χ3n) is 3.44. The molecule has 0 saturated carbocycles.